The molecule has 0 saturated heterocycles. The van der Waals surface area contributed by atoms with Gasteiger partial charge in [-0.05, 0) is 12.1 Å². The fourth-order valence-electron chi connectivity index (χ4n) is 1.78. The van der Waals surface area contributed by atoms with E-state index in [0.717, 1.165) is 0 Å². The number of benzene rings is 1. The molecule has 0 atom stereocenters. The SMILES string of the molecule is NCc1cc(Br)cc(S(=O)(=O)NCCc2ncc[nH]2)c1F. The van der Waals surface area contributed by atoms with Gasteiger partial charge in [-0.25, -0.2) is 22.5 Å². The van der Waals surface area contributed by atoms with Crippen LogP contribution < -0.4 is 10.5 Å². The van der Waals surface area contributed by atoms with Crippen LogP contribution in [-0.2, 0) is 23.0 Å². The average molecular weight is 377 g/mol. The maximum Gasteiger partial charge on any atom is 0.243 e. The van der Waals surface area contributed by atoms with E-state index in [0.29, 0.717) is 16.7 Å². The number of rotatable bonds is 6. The van der Waals surface area contributed by atoms with Crippen LogP contribution in [0.2, 0.25) is 0 Å². The minimum Gasteiger partial charge on any atom is -0.349 e. The largest absolute Gasteiger partial charge is 0.349 e. The topological polar surface area (TPSA) is 101 Å². The van der Waals surface area contributed by atoms with Gasteiger partial charge >= 0.3 is 0 Å². The van der Waals surface area contributed by atoms with Crippen molar-refractivity contribution in [2.24, 2.45) is 5.73 Å². The second-order valence-corrected chi connectivity index (χ2v) is 6.92. The highest BCUT2D eigenvalue weighted by atomic mass is 79.9. The summed E-state index contributed by atoms with van der Waals surface area (Å²) in [5.41, 5.74) is 5.54. The number of nitrogens with two attached hydrogens (primary N) is 1. The molecule has 21 heavy (non-hydrogen) atoms. The van der Waals surface area contributed by atoms with E-state index in [2.05, 4.69) is 30.6 Å². The number of sulfonamides is 1. The molecule has 1 aromatic heterocycles. The molecule has 114 valence electrons. The standard InChI is InChI=1S/C12H14BrFN4O2S/c13-9-5-8(7-15)12(14)10(6-9)21(19,20)18-2-1-11-16-3-4-17-11/h3-6,18H,1-2,7,15H2,(H,16,17). The molecule has 4 N–H and O–H groups in total. The Labute approximate surface area is 130 Å². The van der Waals surface area contributed by atoms with Crippen LogP contribution in [0.5, 0.6) is 0 Å². The Morgan fingerprint density at radius 1 is 1.43 bits per heavy atom. The Bertz CT molecular complexity index is 719. The third-order valence-electron chi connectivity index (χ3n) is 2.80. The van der Waals surface area contributed by atoms with Crippen LogP contribution in [0.1, 0.15) is 11.4 Å². The van der Waals surface area contributed by atoms with Gasteiger partial charge in [0.25, 0.3) is 0 Å². The summed E-state index contributed by atoms with van der Waals surface area (Å²) in [6.07, 6.45) is 3.60. The Kier molecular flexibility index (Phi) is 5.09. The molecule has 1 heterocycles. The van der Waals surface area contributed by atoms with Gasteiger partial charge in [-0.3, -0.25) is 0 Å². The third kappa shape index (κ3) is 3.88. The van der Waals surface area contributed by atoms with Crippen LogP contribution >= 0.6 is 15.9 Å². The van der Waals surface area contributed by atoms with Crippen molar-refractivity contribution in [2.75, 3.05) is 6.54 Å². The number of aromatic nitrogens is 2. The number of hydrogen-bond acceptors (Lipinski definition) is 4. The molecule has 1 aromatic carbocycles. The third-order valence-corrected chi connectivity index (χ3v) is 4.72. The summed E-state index contributed by atoms with van der Waals surface area (Å²) in [5.74, 6) is -0.179. The van der Waals surface area contributed by atoms with Crippen LogP contribution in [0.15, 0.2) is 33.9 Å². The van der Waals surface area contributed by atoms with Crippen molar-refractivity contribution in [1.29, 1.82) is 0 Å². The normalized spacial score (nSPS) is 11.8. The molecule has 2 rings (SSSR count). The zero-order valence-electron chi connectivity index (χ0n) is 10.9. The fourth-order valence-corrected chi connectivity index (χ4v) is 3.61. The van der Waals surface area contributed by atoms with E-state index < -0.39 is 20.7 Å². The molecule has 0 radical (unpaired) electrons. The highest BCUT2D eigenvalue weighted by Gasteiger charge is 2.21. The monoisotopic (exact) mass is 376 g/mol. The van der Waals surface area contributed by atoms with E-state index in [4.69, 9.17) is 5.73 Å². The van der Waals surface area contributed by atoms with Gasteiger partial charge in [0.15, 0.2) is 0 Å². The number of H-pyrrole nitrogens is 1. The Morgan fingerprint density at radius 3 is 2.81 bits per heavy atom. The number of nitrogens with zero attached hydrogens (tertiary/aromatic N) is 1. The van der Waals surface area contributed by atoms with Crippen molar-refractivity contribution in [3.05, 3.63) is 46.2 Å². The Balaban J connectivity index is 2.17. The second kappa shape index (κ2) is 6.65. The molecular formula is C12H14BrFN4O2S. The second-order valence-electron chi connectivity index (χ2n) is 4.26. The Morgan fingerprint density at radius 2 is 2.19 bits per heavy atom. The zero-order chi connectivity index (χ0) is 15.5. The first-order chi connectivity index (χ1) is 9.94. The van der Waals surface area contributed by atoms with Crippen molar-refractivity contribution < 1.29 is 12.8 Å². The molecule has 0 aliphatic carbocycles. The summed E-state index contributed by atoms with van der Waals surface area (Å²) in [5, 5.41) is 0. The lowest BCUT2D eigenvalue weighted by atomic mass is 10.2. The first kappa shape index (κ1) is 16.1. The molecule has 0 unspecified atom stereocenters. The van der Waals surface area contributed by atoms with Crippen molar-refractivity contribution in [3.63, 3.8) is 0 Å². The van der Waals surface area contributed by atoms with Gasteiger partial charge in [0.2, 0.25) is 10.0 Å². The number of imidazole rings is 1. The molecule has 0 amide bonds. The van der Waals surface area contributed by atoms with Crippen LogP contribution in [0.4, 0.5) is 4.39 Å². The summed E-state index contributed by atoms with van der Waals surface area (Å²) >= 11 is 3.15. The summed E-state index contributed by atoms with van der Waals surface area (Å²) < 4.78 is 41.2. The van der Waals surface area contributed by atoms with Crippen molar-refractivity contribution >= 4 is 26.0 Å². The highest BCUT2D eigenvalue weighted by Crippen LogP contribution is 2.23. The average Bonchev–Trinajstić information content (AvgIpc) is 2.93. The lowest BCUT2D eigenvalue weighted by Gasteiger charge is -2.10. The van der Waals surface area contributed by atoms with Crippen molar-refractivity contribution in [2.45, 2.75) is 17.9 Å². The molecule has 0 bridgehead atoms. The zero-order valence-corrected chi connectivity index (χ0v) is 13.3. The van der Waals surface area contributed by atoms with Gasteiger partial charge in [0.1, 0.15) is 16.5 Å². The lowest BCUT2D eigenvalue weighted by molar-refractivity contribution is 0.549. The molecule has 2 aromatic rings. The van der Waals surface area contributed by atoms with Crippen LogP contribution in [0.3, 0.4) is 0 Å². The van der Waals surface area contributed by atoms with Crippen molar-refractivity contribution in [1.82, 2.24) is 14.7 Å². The van der Waals surface area contributed by atoms with Gasteiger partial charge in [-0.1, -0.05) is 15.9 Å². The van der Waals surface area contributed by atoms with Gasteiger partial charge in [0.05, 0.1) is 0 Å². The van der Waals surface area contributed by atoms with E-state index >= 15 is 0 Å². The first-order valence-corrected chi connectivity index (χ1v) is 8.37. The molecule has 9 heteroatoms. The summed E-state index contributed by atoms with van der Waals surface area (Å²) in [6.45, 7) is 0.0277. The predicted molar refractivity (Wildman–Crippen MR) is 79.5 cm³/mol. The quantitative estimate of drug-likeness (QED) is 0.706. The Hall–Kier alpha value is -1.29. The van der Waals surface area contributed by atoms with Crippen LogP contribution in [0.25, 0.3) is 0 Å². The summed E-state index contributed by atoms with van der Waals surface area (Å²) in [6, 6.07) is 2.67. The molecule has 0 saturated carbocycles. The molecular weight excluding hydrogens is 363 g/mol. The minimum atomic E-state index is -3.95. The smallest absolute Gasteiger partial charge is 0.243 e. The predicted octanol–water partition coefficient (Wildman–Crippen LogP) is 1.29. The maximum atomic E-state index is 14.1. The van der Waals surface area contributed by atoms with E-state index in [9.17, 15) is 12.8 Å². The molecule has 0 fully saturated rings. The van der Waals surface area contributed by atoms with Gasteiger partial charge in [-0.2, -0.15) is 0 Å². The van der Waals surface area contributed by atoms with Gasteiger partial charge in [0, 0.05) is 41.9 Å². The van der Waals surface area contributed by atoms with E-state index in [1.165, 1.54) is 12.1 Å². The van der Waals surface area contributed by atoms with Gasteiger partial charge < -0.3 is 10.7 Å². The van der Waals surface area contributed by atoms with Crippen LogP contribution in [-0.4, -0.2) is 24.9 Å². The highest BCUT2D eigenvalue weighted by molar-refractivity contribution is 9.10. The summed E-state index contributed by atoms with van der Waals surface area (Å²) in [7, 11) is -3.95. The molecule has 0 aliphatic rings. The lowest BCUT2D eigenvalue weighted by Crippen LogP contribution is -2.27. The van der Waals surface area contributed by atoms with Gasteiger partial charge in [-0.15, -0.1) is 0 Å². The maximum absolute atomic E-state index is 14.1. The number of aromatic amines is 1. The van der Waals surface area contributed by atoms with E-state index in [-0.39, 0.29) is 18.7 Å². The molecule has 0 spiro atoms. The van der Waals surface area contributed by atoms with E-state index in [1.807, 2.05) is 0 Å². The number of nitrogens with one attached hydrogen (secondary N) is 2. The molecule has 6 nitrogen and oxygen atoms in total. The summed E-state index contributed by atoms with van der Waals surface area (Å²) in [4.78, 5) is 6.42. The van der Waals surface area contributed by atoms with Crippen molar-refractivity contribution in [3.8, 4) is 0 Å². The number of hydrogen-bond donors (Lipinski definition) is 3. The van der Waals surface area contributed by atoms with E-state index in [1.54, 1.807) is 12.4 Å². The first-order valence-electron chi connectivity index (χ1n) is 6.10. The molecule has 0 aliphatic heterocycles. The number of halogens is 2. The minimum absolute atomic E-state index is 0.0831. The fraction of sp³-hybridized carbons (Fsp3) is 0.250. The van der Waals surface area contributed by atoms with Crippen LogP contribution in [0, 0.1) is 5.82 Å².